The highest BCUT2D eigenvalue weighted by atomic mass is 28.4. The third-order valence-corrected chi connectivity index (χ3v) is 12.5. The van der Waals surface area contributed by atoms with E-state index in [-0.39, 0.29) is 23.2 Å². The largest absolute Gasteiger partial charge is 0.405 e. The second-order valence-corrected chi connectivity index (χ2v) is 15.3. The summed E-state index contributed by atoms with van der Waals surface area (Å²) in [5.74, 6) is 6.29. The number of hydrogen-bond donors (Lipinski definition) is 0. The summed E-state index contributed by atoms with van der Waals surface area (Å²) in [5.41, 5.74) is 0. The van der Waals surface area contributed by atoms with Crippen molar-refractivity contribution in [1.82, 2.24) is 0 Å². The molecular weight excluding hydrogens is 452 g/mol. The van der Waals surface area contributed by atoms with Gasteiger partial charge in [-0.2, -0.15) is 0 Å². The first kappa shape index (κ1) is 26.1. The molecule has 188 valence electrons. The molecule has 0 amide bonds. The van der Waals surface area contributed by atoms with Crippen molar-refractivity contribution in [3.8, 4) is 11.8 Å². The average molecular weight is 493 g/mol. The standard InChI is InChI=1S/C30H40O4Si/c1-23(27-21-32-27)17-19-30(31-6)20-18-24(2)28(34-30)22-33-35(29(3,4)5,25-13-9-7-10-14-25)26-15-11-8-12-16-26/h7-16,23-24,27-28H,18,20-22H2,1-6H3/t23-,24-,27+,28-,30?/m0/s1. The van der Waals surface area contributed by atoms with Crippen molar-refractivity contribution in [2.45, 2.75) is 70.5 Å². The van der Waals surface area contributed by atoms with Crippen LogP contribution < -0.4 is 10.4 Å². The number of hydrogen-bond acceptors (Lipinski definition) is 4. The molecule has 0 N–H and O–H groups in total. The Morgan fingerprint density at radius 2 is 1.63 bits per heavy atom. The van der Waals surface area contributed by atoms with Crippen LogP contribution in [0.25, 0.3) is 0 Å². The van der Waals surface area contributed by atoms with Gasteiger partial charge in [0.2, 0.25) is 5.79 Å². The maximum absolute atomic E-state index is 7.18. The van der Waals surface area contributed by atoms with Gasteiger partial charge < -0.3 is 18.6 Å². The van der Waals surface area contributed by atoms with Crippen LogP contribution in [-0.2, 0) is 18.6 Å². The van der Waals surface area contributed by atoms with Crippen molar-refractivity contribution < 1.29 is 18.6 Å². The number of epoxide rings is 1. The molecule has 0 aromatic heterocycles. The van der Waals surface area contributed by atoms with Gasteiger partial charge in [-0.25, -0.2) is 0 Å². The molecule has 4 nitrogen and oxygen atoms in total. The highest BCUT2D eigenvalue weighted by Gasteiger charge is 2.51. The zero-order valence-corrected chi connectivity index (χ0v) is 23.0. The number of ether oxygens (including phenoxy) is 3. The van der Waals surface area contributed by atoms with E-state index in [2.05, 4.69) is 107 Å². The lowest BCUT2D eigenvalue weighted by Crippen LogP contribution is -2.67. The van der Waals surface area contributed by atoms with E-state index in [0.29, 0.717) is 12.5 Å². The SMILES string of the molecule is COC1(C#C[C@H](C)[C@H]2CO2)CC[C@H](C)[C@H](CO[Si](c2ccccc2)(c2ccccc2)C(C)(C)C)O1. The van der Waals surface area contributed by atoms with Crippen LogP contribution in [-0.4, -0.2) is 46.6 Å². The van der Waals surface area contributed by atoms with Crippen LogP contribution in [0.3, 0.4) is 0 Å². The zero-order chi connectivity index (χ0) is 25.1. The first-order chi connectivity index (χ1) is 16.7. The monoisotopic (exact) mass is 492 g/mol. The van der Waals surface area contributed by atoms with Gasteiger partial charge in [-0.3, -0.25) is 0 Å². The highest BCUT2D eigenvalue weighted by Crippen LogP contribution is 2.39. The van der Waals surface area contributed by atoms with Gasteiger partial charge in [0.1, 0.15) is 0 Å². The van der Waals surface area contributed by atoms with Crippen LogP contribution >= 0.6 is 0 Å². The number of benzene rings is 2. The summed E-state index contributed by atoms with van der Waals surface area (Å²) in [4.78, 5) is 0. The molecule has 2 heterocycles. The van der Waals surface area contributed by atoms with Gasteiger partial charge in [0.25, 0.3) is 8.32 Å². The van der Waals surface area contributed by atoms with E-state index >= 15 is 0 Å². The van der Waals surface area contributed by atoms with E-state index in [4.69, 9.17) is 18.6 Å². The molecule has 2 fully saturated rings. The number of methoxy groups -OCH3 is 1. The molecule has 2 aromatic carbocycles. The second-order valence-electron chi connectivity index (χ2n) is 11.0. The van der Waals surface area contributed by atoms with Gasteiger partial charge in [0, 0.05) is 19.4 Å². The summed E-state index contributed by atoms with van der Waals surface area (Å²) < 4.78 is 25.1. The van der Waals surface area contributed by atoms with Gasteiger partial charge in [-0.1, -0.05) is 94.3 Å². The lowest BCUT2D eigenvalue weighted by molar-refractivity contribution is -0.249. The van der Waals surface area contributed by atoms with Crippen LogP contribution in [0, 0.1) is 23.7 Å². The van der Waals surface area contributed by atoms with Crippen molar-refractivity contribution in [3.05, 3.63) is 60.7 Å². The van der Waals surface area contributed by atoms with Crippen LogP contribution in [0.15, 0.2) is 60.7 Å². The van der Waals surface area contributed by atoms with E-state index in [1.165, 1.54) is 10.4 Å². The van der Waals surface area contributed by atoms with Crippen molar-refractivity contribution in [2.75, 3.05) is 20.3 Å². The topological polar surface area (TPSA) is 40.2 Å². The van der Waals surface area contributed by atoms with E-state index in [1.54, 1.807) is 7.11 Å². The Balaban J connectivity index is 1.64. The fourth-order valence-corrected chi connectivity index (χ4v) is 9.71. The fourth-order valence-electron chi connectivity index (χ4n) is 5.14. The fraction of sp³-hybridized carbons (Fsp3) is 0.533. The summed E-state index contributed by atoms with van der Waals surface area (Å²) in [5, 5.41) is 2.47. The summed E-state index contributed by atoms with van der Waals surface area (Å²) in [6.07, 6.45) is 1.87. The molecule has 0 spiro atoms. The lowest BCUT2D eigenvalue weighted by atomic mass is 9.91. The molecular formula is C30H40O4Si. The van der Waals surface area contributed by atoms with Crippen molar-refractivity contribution in [3.63, 3.8) is 0 Å². The lowest BCUT2D eigenvalue weighted by Gasteiger charge is -2.46. The van der Waals surface area contributed by atoms with E-state index < -0.39 is 14.1 Å². The van der Waals surface area contributed by atoms with Crippen molar-refractivity contribution in [1.29, 1.82) is 0 Å². The van der Waals surface area contributed by atoms with Gasteiger partial charge in [0.15, 0.2) is 0 Å². The Bertz CT molecular complexity index is 980. The minimum absolute atomic E-state index is 0.0779. The normalized spacial score (nSPS) is 27.5. The maximum Gasteiger partial charge on any atom is 0.261 e. The minimum atomic E-state index is -2.64. The quantitative estimate of drug-likeness (QED) is 0.317. The molecule has 5 atom stereocenters. The van der Waals surface area contributed by atoms with Gasteiger partial charge in [0.05, 0.1) is 25.4 Å². The van der Waals surface area contributed by atoms with E-state index in [1.807, 2.05) is 0 Å². The Labute approximate surface area is 212 Å². The molecule has 0 radical (unpaired) electrons. The average Bonchev–Trinajstić information content (AvgIpc) is 3.71. The summed E-state index contributed by atoms with van der Waals surface area (Å²) in [6.45, 7) is 12.5. The Kier molecular flexibility index (Phi) is 7.90. The van der Waals surface area contributed by atoms with Crippen LogP contribution in [0.1, 0.15) is 47.5 Å². The molecule has 0 saturated carbocycles. The van der Waals surface area contributed by atoms with Crippen LogP contribution in [0.2, 0.25) is 5.04 Å². The van der Waals surface area contributed by atoms with Gasteiger partial charge in [-0.15, -0.1) is 0 Å². The van der Waals surface area contributed by atoms with Gasteiger partial charge in [-0.05, 0) is 40.6 Å². The predicted molar refractivity (Wildman–Crippen MR) is 143 cm³/mol. The molecule has 0 aliphatic carbocycles. The Morgan fingerprint density at radius 3 is 2.11 bits per heavy atom. The maximum atomic E-state index is 7.18. The molecule has 2 aliphatic heterocycles. The molecule has 0 bridgehead atoms. The summed E-state index contributed by atoms with van der Waals surface area (Å²) >= 11 is 0. The third kappa shape index (κ3) is 5.58. The molecule has 1 unspecified atom stereocenters. The van der Waals surface area contributed by atoms with E-state index in [0.717, 1.165) is 19.4 Å². The Hall–Kier alpha value is -1.94. The predicted octanol–water partition coefficient (Wildman–Crippen LogP) is 4.76. The smallest absolute Gasteiger partial charge is 0.261 e. The second kappa shape index (κ2) is 10.6. The molecule has 35 heavy (non-hydrogen) atoms. The first-order valence-corrected chi connectivity index (χ1v) is 14.7. The minimum Gasteiger partial charge on any atom is -0.405 e. The van der Waals surface area contributed by atoms with Crippen LogP contribution in [0.4, 0.5) is 0 Å². The third-order valence-electron chi connectivity index (χ3n) is 7.52. The van der Waals surface area contributed by atoms with E-state index in [9.17, 15) is 0 Å². The molecule has 2 aliphatic rings. The zero-order valence-electron chi connectivity index (χ0n) is 22.0. The molecule has 4 rings (SSSR count). The van der Waals surface area contributed by atoms with Crippen molar-refractivity contribution in [2.24, 2.45) is 11.8 Å². The van der Waals surface area contributed by atoms with Crippen LogP contribution in [0.5, 0.6) is 0 Å². The summed E-state index contributed by atoms with van der Waals surface area (Å²) in [6, 6.07) is 21.5. The molecule has 2 aromatic rings. The Morgan fingerprint density at radius 1 is 1.06 bits per heavy atom. The molecule has 2 saturated heterocycles. The summed E-state index contributed by atoms with van der Waals surface area (Å²) in [7, 11) is -0.938. The van der Waals surface area contributed by atoms with Crippen molar-refractivity contribution >= 4 is 18.7 Å². The number of rotatable bonds is 7. The molecule has 5 heteroatoms. The first-order valence-electron chi connectivity index (χ1n) is 12.8. The van der Waals surface area contributed by atoms with Gasteiger partial charge >= 0.3 is 0 Å². The highest BCUT2D eigenvalue weighted by molar-refractivity contribution is 6.99.